The lowest BCUT2D eigenvalue weighted by Crippen LogP contribution is -2.51. The Morgan fingerprint density at radius 1 is 1.13 bits per heavy atom. The number of piperazine rings is 1. The van der Waals surface area contributed by atoms with Gasteiger partial charge in [0, 0.05) is 37.9 Å². The summed E-state index contributed by atoms with van der Waals surface area (Å²) >= 11 is 0.819. The number of furan rings is 1. The minimum absolute atomic E-state index is 0.231. The zero-order valence-corrected chi connectivity index (χ0v) is 17.3. The van der Waals surface area contributed by atoms with E-state index in [2.05, 4.69) is 4.90 Å². The van der Waals surface area contributed by atoms with Crippen LogP contribution in [0.25, 0.3) is 6.08 Å². The van der Waals surface area contributed by atoms with Crippen LogP contribution in [-0.4, -0.2) is 66.7 Å². The van der Waals surface area contributed by atoms with Crippen molar-refractivity contribution in [3.63, 3.8) is 0 Å². The van der Waals surface area contributed by atoms with E-state index >= 15 is 0 Å². The molecule has 0 bridgehead atoms. The molecule has 2 fully saturated rings. The van der Waals surface area contributed by atoms with Gasteiger partial charge in [0.25, 0.3) is 11.1 Å². The number of hydrogen-bond donors (Lipinski definition) is 0. The van der Waals surface area contributed by atoms with Crippen molar-refractivity contribution in [1.82, 2.24) is 9.80 Å². The lowest BCUT2D eigenvalue weighted by molar-refractivity contribution is -0.136. The molecule has 0 unspecified atom stereocenters. The number of ether oxygens (including phenoxy) is 1. The molecule has 2 aliphatic heterocycles. The van der Waals surface area contributed by atoms with Gasteiger partial charge in [-0.1, -0.05) is 0 Å². The third-order valence-corrected chi connectivity index (χ3v) is 5.96. The van der Waals surface area contributed by atoms with Crippen LogP contribution in [0.15, 0.2) is 52.0 Å². The monoisotopic (exact) mass is 427 g/mol. The summed E-state index contributed by atoms with van der Waals surface area (Å²) in [5.41, 5.74) is 1.07. The molecule has 4 rings (SSSR count). The SMILES string of the molecule is COc1ccc(N2CCN(C(=O)CN3C(=O)S/C(=C\c4ccco4)C3=O)CC2)cc1. The zero-order valence-electron chi connectivity index (χ0n) is 16.4. The molecule has 8 nitrogen and oxygen atoms in total. The molecule has 1 aromatic carbocycles. The number of carbonyl (C=O) groups is 3. The van der Waals surface area contributed by atoms with Gasteiger partial charge in [-0.3, -0.25) is 19.3 Å². The molecule has 30 heavy (non-hydrogen) atoms. The Bertz CT molecular complexity index is 963. The Kier molecular flexibility index (Phi) is 5.80. The van der Waals surface area contributed by atoms with Crippen molar-refractivity contribution < 1.29 is 23.5 Å². The molecule has 0 atom stereocenters. The highest BCUT2D eigenvalue weighted by atomic mass is 32.2. The van der Waals surface area contributed by atoms with E-state index in [0.29, 0.717) is 31.9 Å². The van der Waals surface area contributed by atoms with E-state index in [4.69, 9.17) is 9.15 Å². The molecule has 156 valence electrons. The molecule has 9 heteroatoms. The van der Waals surface area contributed by atoms with Crippen molar-refractivity contribution in [2.24, 2.45) is 0 Å². The molecule has 0 saturated carbocycles. The van der Waals surface area contributed by atoms with E-state index in [1.54, 1.807) is 24.1 Å². The molecule has 2 saturated heterocycles. The third kappa shape index (κ3) is 4.20. The Hall–Kier alpha value is -3.20. The molecule has 0 spiro atoms. The van der Waals surface area contributed by atoms with Crippen LogP contribution in [0.4, 0.5) is 10.5 Å². The summed E-state index contributed by atoms with van der Waals surface area (Å²) in [7, 11) is 1.63. The molecule has 3 heterocycles. The maximum Gasteiger partial charge on any atom is 0.294 e. The fraction of sp³-hybridized carbons (Fsp3) is 0.286. The number of nitrogens with zero attached hydrogens (tertiary/aromatic N) is 3. The van der Waals surface area contributed by atoms with Crippen molar-refractivity contribution in [3.05, 3.63) is 53.3 Å². The van der Waals surface area contributed by atoms with E-state index in [1.165, 1.54) is 12.3 Å². The molecular formula is C21H21N3O5S. The van der Waals surface area contributed by atoms with E-state index in [9.17, 15) is 14.4 Å². The Morgan fingerprint density at radius 3 is 2.50 bits per heavy atom. The Morgan fingerprint density at radius 2 is 1.87 bits per heavy atom. The average molecular weight is 427 g/mol. The second-order valence-corrected chi connectivity index (χ2v) is 7.84. The summed E-state index contributed by atoms with van der Waals surface area (Å²) in [4.78, 5) is 42.6. The van der Waals surface area contributed by atoms with Gasteiger partial charge in [-0.05, 0) is 48.2 Å². The third-order valence-electron chi connectivity index (χ3n) is 5.05. The number of rotatable bonds is 5. The smallest absolute Gasteiger partial charge is 0.294 e. The normalized spacial score (nSPS) is 18.4. The molecule has 2 aromatic rings. The minimum atomic E-state index is -0.466. The summed E-state index contributed by atoms with van der Waals surface area (Å²) in [6.45, 7) is 2.17. The first-order valence-electron chi connectivity index (χ1n) is 9.51. The second-order valence-electron chi connectivity index (χ2n) is 6.85. The van der Waals surface area contributed by atoms with E-state index in [-0.39, 0.29) is 17.4 Å². The van der Waals surface area contributed by atoms with Gasteiger partial charge >= 0.3 is 0 Å². The molecule has 0 aliphatic carbocycles. The largest absolute Gasteiger partial charge is 0.497 e. The van der Waals surface area contributed by atoms with Gasteiger partial charge in [-0.25, -0.2) is 0 Å². The standard InChI is InChI=1S/C21H21N3O5S/c1-28-16-6-4-15(5-7-16)22-8-10-23(11-9-22)19(25)14-24-20(26)18(30-21(24)27)13-17-3-2-12-29-17/h2-7,12-13H,8-11,14H2,1H3/b18-13-. The minimum Gasteiger partial charge on any atom is -0.497 e. The second kappa shape index (κ2) is 8.66. The van der Waals surface area contributed by atoms with Crippen LogP contribution in [0.3, 0.4) is 0 Å². The molecule has 1 aromatic heterocycles. The van der Waals surface area contributed by atoms with Crippen molar-refractivity contribution >= 4 is 40.6 Å². The quantitative estimate of drug-likeness (QED) is 0.679. The van der Waals surface area contributed by atoms with Gasteiger partial charge in [0.1, 0.15) is 18.1 Å². The average Bonchev–Trinajstić information content (AvgIpc) is 3.38. The van der Waals surface area contributed by atoms with Gasteiger partial charge in [-0.2, -0.15) is 0 Å². The first kappa shape index (κ1) is 20.1. The fourth-order valence-electron chi connectivity index (χ4n) is 3.38. The summed E-state index contributed by atoms with van der Waals surface area (Å²) in [6, 6.07) is 11.2. The highest BCUT2D eigenvalue weighted by Gasteiger charge is 2.37. The van der Waals surface area contributed by atoms with Crippen molar-refractivity contribution in [2.75, 3.05) is 44.7 Å². The van der Waals surface area contributed by atoms with Gasteiger partial charge < -0.3 is 19.0 Å². The van der Waals surface area contributed by atoms with Crippen LogP contribution in [0.5, 0.6) is 5.75 Å². The number of carbonyl (C=O) groups excluding carboxylic acids is 3. The first-order chi connectivity index (χ1) is 14.5. The van der Waals surface area contributed by atoms with E-state index in [0.717, 1.165) is 28.1 Å². The maximum atomic E-state index is 12.7. The molecule has 0 N–H and O–H groups in total. The van der Waals surface area contributed by atoms with Crippen LogP contribution in [0.1, 0.15) is 5.76 Å². The van der Waals surface area contributed by atoms with Crippen LogP contribution in [-0.2, 0) is 9.59 Å². The maximum absolute atomic E-state index is 12.7. The first-order valence-corrected chi connectivity index (χ1v) is 10.3. The summed E-state index contributed by atoms with van der Waals surface area (Å²) in [6.07, 6.45) is 3.01. The Labute approximate surface area is 178 Å². The van der Waals surface area contributed by atoms with Gasteiger partial charge in [-0.15, -0.1) is 0 Å². The zero-order chi connectivity index (χ0) is 21.1. The van der Waals surface area contributed by atoms with Gasteiger partial charge in [0.15, 0.2) is 0 Å². The van der Waals surface area contributed by atoms with Crippen molar-refractivity contribution in [3.8, 4) is 5.75 Å². The number of anilines is 1. The molecule has 2 aliphatic rings. The number of amides is 3. The highest BCUT2D eigenvalue weighted by molar-refractivity contribution is 8.18. The summed E-state index contributed by atoms with van der Waals surface area (Å²) in [5.74, 6) is 0.588. The fourth-order valence-corrected chi connectivity index (χ4v) is 4.20. The van der Waals surface area contributed by atoms with Crippen LogP contribution in [0, 0.1) is 0 Å². The number of benzene rings is 1. The lowest BCUT2D eigenvalue weighted by Gasteiger charge is -2.36. The van der Waals surface area contributed by atoms with E-state index in [1.807, 2.05) is 24.3 Å². The molecule has 0 radical (unpaired) electrons. The predicted octanol–water partition coefficient (Wildman–Crippen LogP) is 2.67. The van der Waals surface area contributed by atoms with E-state index < -0.39 is 11.1 Å². The summed E-state index contributed by atoms with van der Waals surface area (Å²) in [5, 5.41) is -0.442. The summed E-state index contributed by atoms with van der Waals surface area (Å²) < 4.78 is 10.4. The molecular weight excluding hydrogens is 406 g/mol. The van der Waals surface area contributed by atoms with Crippen LogP contribution in [0.2, 0.25) is 0 Å². The number of imide groups is 1. The Balaban J connectivity index is 1.33. The van der Waals surface area contributed by atoms with Crippen LogP contribution < -0.4 is 9.64 Å². The van der Waals surface area contributed by atoms with Crippen molar-refractivity contribution in [2.45, 2.75) is 0 Å². The van der Waals surface area contributed by atoms with Gasteiger partial charge in [0.05, 0.1) is 18.3 Å². The lowest BCUT2D eigenvalue weighted by atomic mass is 10.2. The number of thioether (sulfide) groups is 1. The predicted molar refractivity (Wildman–Crippen MR) is 113 cm³/mol. The van der Waals surface area contributed by atoms with Crippen molar-refractivity contribution in [1.29, 1.82) is 0 Å². The topological polar surface area (TPSA) is 83.3 Å². The number of hydrogen-bond acceptors (Lipinski definition) is 7. The number of methoxy groups -OCH3 is 1. The van der Waals surface area contributed by atoms with Gasteiger partial charge in [0.2, 0.25) is 5.91 Å². The van der Waals surface area contributed by atoms with Crippen LogP contribution >= 0.6 is 11.8 Å². The molecule has 3 amide bonds. The highest BCUT2D eigenvalue weighted by Crippen LogP contribution is 2.32.